The Balaban J connectivity index is 2.51. The van der Waals surface area contributed by atoms with Gasteiger partial charge in [0.25, 0.3) is 0 Å². The van der Waals surface area contributed by atoms with Crippen molar-refractivity contribution in [3.05, 3.63) is 40.0 Å². The van der Waals surface area contributed by atoms with Gasteiger partial charge in [0, 0.05) is 0 Å². The SMILES string of the molecule is Cc1ccc(C)c2c1C=C(C(C)(C)C)C2. The number of allylic oxidation sites excluding steroid dienone is 1. The van der Waals surface area contributed by atoms with Crippen LogP contribution in [0.2, 0.25) is 0 Å². The topological polar surface area (TPSA) is 0 Å². The first-order chi connectivity index (χ1) is 6.89. The van der Waals surface area contributed by atoms with Gasteiger partial charge in [-0.25, -0.2) is 0 Å². The largest absolute Gasteiger partial charge is 0.0598 e. The Bertz CT molecular complexity index is 428. The highest BCUT2D eigenvalue weighted by molar-refractivity contribution is 5.69. The second-order valence-corrected chi connectivity index (χ2v) is 5.69. The number of rotatable bonds is 0. The van der Waals surface area contributed by atoms with E-state index in [4.69, 9.17) is 0 Å². The van der Waals surface area contributed by atoms with E-state index in [1.807, 2.05) is 0 Å². The molecule has 0 heterocycles. The van der Waals surface area contributed by atoms with Crippen LogP contribution in [0.3, 0.4) is 0 Å². The van der Waals surface area contributed by atoms with E-state index in [9.17, 15) is 0 Å². The molecule has 0 fully saturated rings. The third-order valence-electron chi connectivity index (χ3n) is 3.46. The van der Waals surface area contributed by atoms with Crippen LogP contribution in [0.4, 0.5) is 0 Å². The number of hydrogen-bond acceptors (Lipinski definition) is 0. The van der Waals surface area contributed by atoms with E-state index < -0.39 is 0 Å². The van der Waals surface area contributed by atoms with Gasteiger partial charge in [-0.2, -0.15) is 0 Å². The van der Waals surface area contributed by atoms with E-state index in [0.717, 1.165) is 6.42 Å². The van der Waals surface area contributed by atoms with Crippen LogP contribution < -0.4 is 0 Å². The molecule has 1 aromatic rings. The third-order valence-corrected chi connectivity index (χ3v) is 3.46. The van der Waals surface area contributed by atoms with Gasteiger partial charge in [-0.05, 0) is 47.9 Å². The minimum atomic E-state index is 0.303. The molecular weight excluding hydrogens is 180 g/mol. The first-order valence-corrected chi connectivity index (χ1v) is 5.70. The molecule has 1 aliphatic rings. The summed E-state index contributed by atoms with van der Waals surface area (Å²) in [5, 5.41) is 0. The average molecular weight is 200 g/mol. The average Bonchev–Trinajstić information content (AvgIpc) is 2.56. The predicted octanol–water partition coefficient (Wildman–Crippen LogP) is 4.29. The van der Waals surface area contributed by atoms with E-state index in [2.05, 4.69) is 52.8 Å². The van der Waals surface area contributed by atoms with Crippen LogP contribution in [0.15, 0.2) is 17.7 Å². The number of aryl methyl sites for hydroxylation is 2. The van der Waals surface area contributed by atoms with E-state index >= 15 is 0 Å². The van der Waals surface area contributed by atoms with Crippen LogP contribution in [0.25, 0.3) is 6.08 Å². The molecule has 2 rings (SSSR count). The van der Waals surface area contributed by atoms with Crippen LogP contribution in [0.5, 0.6) is 0 Å². The van der Waals surface area contributed by atoms with Gasteiger partial charge in [0.05, 0.1) is 0 Å². The zero-order chi connectivity index (χ0) is 11.2. The minimum Gasteiger partial charge on any atom is -0.0598 e. The van der Waals surface area contributed by atoms with Gasteiger partial charge in [-0.15, -0.1) is 0 Å². The maximum atomic E-state index is 2.40. The molecule has 15 heavy (non-hydrogen) atoms. The zero-order valence-corrected chi connectivity index (χ0v) is 10.4. The Hall–Kier alpha value is -1.04. The Morgan fingerprint density at radius 3 is 2.13 bits per heavy atom. The van der Waals surface area contributed by atoms with E-state index in [1.54, 1.807) is 11.1 Å². The fourth-order valence-corrected chi connectivity index (χ4v) is 2.22. The monoisotopic (exact) mass is 200 g/mol. The molecule has 0 radical (unpaired) electrons. The van der Waals surface area contributed by atoms with Crippen molar-refractivity contribution in [1.82, 2.24) is 0 Å². The van der Waals surface area contributed by atoms with E-state index in [0.29, 0.717) is 5.41 Å². The summed E-state index contributed by atoms with van der Waals surface area (Å²) in [5.74, 6) is 0. The molecule has 0 spiro atoms. The third kappa shape index (κ3) is 1.73. The minimum absolute atomic E-state index is 0.303. The fourth-order valence-electron chi connectivity index (χ4n) is 2.22. The van der Waals surface area contributed by atoms with Crippen molar-refractivity contribution < 1.29 is 0 Å². The molecule has 0 atom stereocenters. The highest BCUT2D eigenvalue weighted by Crippen LogP contribution is 2.38. The molecular formula is C15H20. The first-order valence-electron chi connectivity index (χ1n) is 5.70. The summed E-state index contributed by atoms with van der Waals surface area (Å²) in [7, 11) is 0. The van der Waals surface area contributed by atoms with Gasteiger partial charge in [0.15, 0.2) is 0 Å². The summed E-state index contributed by atoms with van der Waals surface area (Å²) in [6.07, 6.45) is 3.55. The van der Waals surface area contributed by atoms with Gasteiger partial charge in [-0.1, -0.05) is 44.6 Å². The van der Waals surface area contributed by atoms with Crippen molar-refractivity contribution in [1.29, 1.82) is 0 Å². The fraction of sp³-hybridized carbons (Fsp3) is 0.467. The van der Waals surface area contributed by atoms with Crippen molar-refractivity contribution in [3.8, 4) is 0 Å². The van der Waals surface area contributed by atoms with Crippen molar-refractivity contribution in [2.24, 2.45) is 5.41 Å². The highest BCUT2D eigenvalue weighted by atomic mass is 14.3. The summed E-state index contributed by atoms with van der Waals surface area (Å²) in [4.78, 5) is 0. The van der Waals surface area contributed by atoms with Gasteiger partial charge < -0.3 is 0 Å². The van der Waals surface area contributed by atoms with Crippen LogP contribution >= 0.6 is 0 Å². The maximum Gasteiger partial charge on any atom is -0.00498 e. The van der Waals surface area contributed by atoms with Gasteiger partial charge >= 0.3 is 0 Å². The smallest absolute Gasteiger partial charge is 0.00498 e. The van der Waals surface area contributed by atoms with E-state index in [-0.39, 0.29) is 0 Å². The summed E-state index contributed by atoms with van der Waals surface area (Å²) in [6.45, 7) is 11.3. The van der Waals surface area contributed by atoms with Gasteiger partial charge in [0.1, 0.15) is 0 Å². The standard InChI is InChI=1S/C15H20/c1-10-6-7-11(2)14-9-12(8-13(10)14)15(3,4)5/h6-8H,9H2,1-5H3. The molecule has 0 saturated carbocycles. The lowest BCUT2D eigenvalue weighted by Gasteiger charge is -2.20. The number of hydrogen-bond donors (Lipinski definition) is 0. The molecule has 0 aliphatic heterocycles. The Kier molecular flexibility index (Phi) is 2.26. The lowest BCUT2D eigenvalue weighted by atomic mass is 9.85. The summed E-state index contributed by atoms with van der Waals surface area (Å²) >= 11 is 0. The van der Waals surface area contributed by atoms with Gasteiger partial charge in [-0.3, -0.25) is 0 Å². The summed E-state index contributed by atoms with van der Waals surface area (Å²) in [6, 6.07) is 4.48. The highest BCUT2D eigenvalue weighted by Gasteiger charge is 2.24. The number of benzene rings is 1. The quantitative estimate of drug-likeness (QED) is 0.586. The lowest BCUT2D eigenvalue weighted by Crippen LogP contribution is -2.09. The molecule has 0 nitrogen and oxygen atoms in total. The molecule has 0 bridgehead atoms. The van der Waals surface area contributed by atoms with Crippen LogP contribution in [-0.2, 0) is 6.42 Å². The maximum absolute atomic E-state index is 2.40. The predicted molar refractivity (Wildman–Crippen MR) is 67.1 cm³/mol. The second-order valence-electron chi connectivity index (χ2n) is 5.69. The lowest BCUT2D eigenvalue weighted by molar-refractivity contribution is 0.498. The summed E-state index contributed by atoms with van der Waals surface area (Å²) in [5.41, 5.74) is 7.73. The molecule has 0 saturated heterocycles. The van der Waals surface area contributed by atoms with Crippen molar-refractivity contribution in [2.45, 2.75) is 41.0 Å². The molecule has 1 aliphatic carbocycles. The van der Waals surface area contributed by atoms with Crippen molar-refractivity contribution >= 4 is 6.08 Å². The summed E-state index contributed by atoms with van der Waals surface area (Å²) < 4.78 is 0. The Labute approximate surface area is 93.0 Å². The molecule has 0 unspecified atom stereocenters. The van der Waals surface area contributed by atoms with Crippen molar-refractivity contribution in [3.63, 3.8) is 0 Å². The van der Waals surface area contributed by atoms with Crippen LogP contribution in [0, 0.1) is 19.3 Å². The van der Waals surface area contributed by atoms with Crippen LogP contribution in [0.1, 0.15) is 43.0 Å². The van der Waals surface area contributed by atoms with Gasteiger partial charge in [0.2, 0.25) is 0 Å². The molecule has 0 N–H and O–H groups in total. The second kappa shape index (κ2) is 3.23. The molecule has 0 heteroatoms. The Morgan fingerprint density at radius 2 is 1.60 bits per heavy atom. The van der Waals surface area contributed by atoms with E-state index in [1.165, 1.54) is 16.7 Å². The van der Waals surface area contributed by atoms with Crippen molar-refractivity contribution in [2.75, 3.05) is 0 Å². The molecule has 80 valence electrons. The molecule has 0 aromatic heterocycles. The Morgan fingerprint density at radius 1 is 1.00 bits per heavy atom. The normalized spacial score (nSPS) is 15.1. The van der Waals surface area contributed by atoms with Crippen LogP contribution in [-0.4, -0.2) is 0 Å². The number of fused-ring (bicyclic) bond motifs is 1. The first kappa shape index (κ1) is 10.5. The molecule has 1 aromatic carbocycles. The zero-order valence-electron chi connectivity index (χ0n) is 10.4. The molecule has 0 amide bonds.